The number of nitrogens with zero attached hydrogens (tertiary/aromatic N) is 2. The maximum Gasteiger partial charge on any atom is 0.129 e. The topological polar surface area (TPSA) is 36.4 Å². The van der Waals surface area contributed by atoms with Crippen molar-refractivity contribution >= 4 is 5.82 Å². The summed E-state index contributed by atoms with van der Waals surface area (Å²) in [7, 11) is 0. The Hall–Kier alpha value is -1.87. The summed E-state index contributed by atoms with van der Waals surface area (Å²) in [6, 6.07) is 12.7. The highest BCUT2D eigenvalue weighted by Gasteiger charge is 2.18. The molecule has 0 saturated carbocycles. The Kier molecular flexibility index (Phi) is 3.93. The molecular formula is C18H22N2O. The van der Waals surface area contributed by atoms with Crippen LogP contribution >= 0.6 is 0 Å². The highest BCUT2D eigenvalue weighted by Crippen LogP contribution is 2.26. The van der Waals surface area contributed by atoms with Gasteiger partial charge in [-0.05, 0) is 37.0 Å². The van der Waals surface area contributed by atoms with E-state index in [4.69, 9.17) is 4.98 Å². The first-order chi connectivity index (χ1) is 10.2. The van der Waals surface area contributed by atoms with E-state index in [2.05, 4.69) is 29.2 Å². The van der Waals surface area contributed by atoms with E-state index < -0.39 is 6.10 Å². The summed E-state index contributed by atoms with van der Waals surface area (Å²) in [5, 5.41) is 9.99. The van der Waals surface area contributed by atoms with E-state index in [1.54, 1.807) is 0 Å². The number of benzene rings is 1. The van der Waals surface area contributed by atoms with E-state index in [9.17, 15) is 5.11 Å². The number of hydrogen-bond donors (Lipinski definition) is 1. The number of anilines is 1. The zero-order valence-corrected chi connectivity index (χ0v) is 12.7. The van der Waals surface area contributed by atoms with E-state index >= 15 is 0 Å². The van der Waals surface area contributed by atoms with Crippen LogP contribution in [0.3, 0.4) is 0 Å². The average molecular weight is 282 g/mol. The predicted molar refractivity (Wildman–Crippen MR) is 85.4 cm³/mol. The first-order valence-electron chi connectivity index (χ1n) is 7.66. The second-order valence-corrected chi connectivity index (χ2v) is 5.71. The van der Waals surface area contributed by atoms with Gasteiger partial charge in [-0.25, -0.2) is 4.98 Å². The molecule has 110 valence electrons. The minimum atomic E-state index is -0.409. The Morgan fingerprint density at radius 2 is 1.95 bits per heavy atom. The molecule has 0 aliphatic carbocycles. The van der Waals surface area contributed by atoms with Gasteiger partial charge in [-0.15, -0.1) is 0 Å². The number of aliphatic hydroxyl groups is 1. The van der Waals surface area contributed by atoms with Crippen molar-refractivity contribution in [2.24, 2.45) is 0 Å². The Bertz CT molecular complexity index is 639. The van der Waals surface area contributed by atoms with Gasteiger partial charge in [0.2, 0.25) is 0 Å². The molecular weight excluding hydrogens is 260 g/mol. The van der Waals surface area contributed by atoms with Crippen LogP contribution in [0.4, 0.5) is 5.82 Å². The van der Waals surface area contributed by atoms with Crippen molar-refractivity contribution in [3.05, 3.63) is 58.8 Å². The van der Waals surface area contributed by atoms with E-state index in [0.717, 1.165) is 43.0 Å². The van der Waals surface area contributed by atoms with Crippen molar-refractivity contribution in [3.63, 3.8) is 0 Å². The number of pyridine rings is 1. The maximum absolute atomic E-state index is 9.99. The molecule has 3 rings (SSSR count). The van der Waals surface area contributed by atoms with Gasteiger partial charge in [-0.1, -0.05) is 37.3 Å². The number of fused-ring (bicyclic) bond motifs is 1. The quantitative estimate of drug-likeness (QED) is 0.937. The molecule has 21 heavy (non-hydrogen) atoms. The van der Waals surface area contributed by atoms with Crippen LogP contribution in [0.2, 0.25) is 0 Å². The third kappa shape index (κ3) is 2.79. The number of aryl methyl sites for hydroxylation is 1. The third-order valence-electron chi connectivity index (χ3n) is 4.31. The molecule has 1 atom stereocenters. The lowest BCUT2D eigenvalue weighted by molar-refractivity contribution is 0.172. The van der Waals surface area contributed by atoms with E-state index in [1.165, 1.54) is 11.1 Å². The number of aliphatic hydroxyl groups excluding tert-OH is 1. The number of rotatable bonds is 3. The molecule has 3 heteroatoms. The van der Waals surface area contributed by atoms with E-state index in [0.29, 0.717) is 0 Å². The highest BCUT2D eigenvalue weighted by atomic mass is 16.3. The first-order valence-corrected chi connectivity index (χ1v) is 7.66. The van der Waals surface area contributed by atoms with Crippen molar-refractivity contribution in [1.29, 1.82) is 0 Å². The molecule has 0 saturated heterocycles. The molecule has 0 radical (unpaired) electrons. The van der Waals surface area contributed by atoms with Crippen LogP contribution in [-0.4, -0.2) is 16.6 Å². The summed E-state index contributed by atoms with van der Waals surface area (Å²) in [6.07, 6.45) is 1.38. The van der Waals surface area contributed by atoms with Gasteiger partial charge in [-0.3, -0.25) is 0 Å². The minimum Gasteiger partial charge on any atom is -0.388 e. The van der Waals surface area contributed by atoms with Crippen LogP contribution in [-0.2, 0) is 13.0 Å². The molecule has 1 aliphatic rings. The maximum atomic E-state index is 9.99. The van der Waals surface area contributed by atoms with Crippen molar-refractivity contribution in [3.8, 4) is 0 Å². The molecule has 0 fully saturated rings. The molecule has 1 N–H and O–H groups in total. The Morgan fingerprint density at radius 3 is 2.67 bits per heavy atom. The van der Waals surface area contributed by atoms with Gasteiger partial charge in [0.05, 0.1) is 6.10 Å². The lowest BCUT2D eigenvalue weighted by atomic mass is 10.00. The van der Waals surface area contributed by atoms with Gasteiger partial charge < -0.3 is 10.0 Å². The van der Waals surface area contributed by atoms with Crippen molar-refractivity contribution in [2.75, 3.05) is 11.4 Å². The first kappa shape index (κ1) is 14.1. The molecule has 1 aromatic heterocycles. The normalized spacial score (nSPS) is 15.7. The van der Waals surface area contributed by atoms with E-state index in [1.807, 2.05) is 26.0 Å². The molecule has 1 aromatic carbocycles. The fourth-order valence-corrected chi connectivity index (χ4v) is 3.00. The second kappa shape index (κ2) is 5.86. The monoisotopic (exact) mass is 282 g/mol. The van der Waals surface area contributed by atoms with Crippen LogP contribution in [0, 0.1) is 6.92 Å². The molecule has 0 spiro atoms. The van der Waals surface area contributed by atoms with Gasteiger partial charge in [0.15, 0.2) is 0 Å². The van der Waals surface area contributed by atoms with Gasteiger partial charge in [0.25, 0.3) is 0 Å². The lowest BCUT2D eigenvalue weighted by Crippen LogP contribution is -2.31. The molecule has 2 aromatic rings. The van der Waals surface area contributed by atoms with Crippen molar-refractivity contribution in [2.45, 2.75) is 39.3 Å². The number of aromatic nitrogens is 1. The molecule has 2 heterocycles. The lowest BCUT2D eigenvalue weighted by Gasteiger charge is -2.30. The molecule has 1 unspecified atom stereocenters. The van der Waals surface area contributed by atoms with Crippen LogP contribution < -0.4 is 4.90 Å². The average Bonchev–Trinajstić information content (AvgIpc) is 2.53. The molecule has 0 bridgehead atoms. The Labute approximate surface area is 126 Å². The van der Waals surface area contributed by atoms with Crippen molar-refractivity contribution < 1.29 is 5.11 Å². The summed E-state index contributed by atoms with van der Waals surface area (Å²) >= 11 is 0. The van der Waals surface area contributed by atoms with Crippen LogP contribution in [0.5, 0.6) is 0 Å². The predicted octanol–water partition coefficient (Wildman–Crippen LogP) is 3.40. The van der Waals surface area contributed by atoms with Crippen molar-refractivity contribution in [1.82, 2.24) is 4.98 Å². The summed E-state index contributed by atoms with van der Waals surface area (Å²) < 4.78 is 0. The summed E-state index contributed by atoms with van der Waals surface area (Å²) in [6.45, 7) is 5.88. The van der Waals surface area contributed by atoms with Gasteiger partial charge in [0, 0.05) is 24.3 Å². The van der Waals surface area contributed by atoms with Gasteiger partial charge in [0.1, 0.15) is 5.82 Å². The molecule has 3 nitrogen and oxygen atoms in total. The van der Waals surface area contributed by atoms with Crippen LogP contribution in [0.1, 0.15) is 41.8 Å². The van der Waals surface area contributed by atoms with Crippen LogP contribution in [0.15, 0.2) is 36.4 Å². The summed E-state index contributed by atoms with van der Waals surface area (Å²) in [5.74, 6) is 1.01. The van der Waals surface area contributed by atoms with E-state index in [-0.39, 0.29) is 0 Å². The fraction of sp³-hybridized carbons (Fsp3) is 0.389. The zero-order chi connectivity index (χ0) is 14.8. The number of hydrogen-bond acceptors (Lipinski definition) is 3. The minimum absolute atomic E-state index is 0.409. The molecule has 1 aliphatic heterocycles. The van der Waals surface area contributed by atoms with Gasteiger partial charge >= 0.3 is 0 Å². The summed E-state index contributed by atoms with van der Waals surface area (Å²) in [4.78, 5) is 7.02. The largest absolute Gasteiger partial charge is 0.388 e. The SMILES string of the molecule is CCC(O)c1ccc(N2CCc3ccccc3C2)nc1C. The fourth-order valence-electron chi connectivity index (χ4n) is 3.00. The summed E-state index contributed by atoms with van der Waals surface area (Å²) in [5.41, 5.74) is 4.71. The second-order valence-electron chi connectivity index (χ2n) is 5.71. The smallest absolute Gasteiger partial charge is 0.129 e. The standard InChI is InChI=1S/C18H22N2O/c1-3-17(21)16-8-9-18(19-13(16)2)20-11-10-14-6-4-5-7-15(14)12-20/h4-9,17,21H,3,10-12H2,1-2H3. The molecule has 0 amide bonds. The Balaban J connectivity index is 1.84. The van der Waals surface area contributed by atoms with Gasteiger partial charge in [-0.2, -0.15) is 0 Å². The Morgan fingerprint density at radius 1 is 1.19 bits per heavy atom. The zero-order valence-electron chi connectivity index (χ0n) is 12.7. The third-order valence-corrected chi connectivity index (χ3v) is 4.31. The highest BCUT2D eigenvalue weighted by molar-refractivity contribution is 5.46. The van der Waals surface area contributed by atoms with Crippen LogP contribution in [0.25, 0.3) is 0 Å².